The minimum atomic E-state index is 0.802. The molecule has 0 radical (unpaired) electrons. The summed E-state index contributed by atoms with van der Waals surface area (Å²) < 4.78 is 1.18. The molecule has 0 bridgehead atoms. The molecule has 0 saturated heterocycles. The van der Waals surface area contributed by atoms with Crippen LogP contribution >= 0.6 is 11.3 Å². The van der Waals surface area contributed by atoms with E-state index in [9.17, 15) is 0 Å². The van der Waals surface area contributed by atoms with Crippen molar-refractivity contribution in [2.75, 3.05) is 11.9 Å². The summed E-state index contributed by atoms with van der Waals surface area (Å²) in [5.74, 6) is 1.79. The lowest BCUT2D eigenvalue weighted by atomic mass is 10.1. The molecule has 2 aromatic rings. The monoisotopic (exact) mass is 263 g/mol. The third-order valence-corrected chi connectivity index (χ3v) is 4.13. The number of anilines is 1. The highest BCUT2D eigenvalue weighted by Gasteiger charge is 2.07. The third kappa shape index (κ3) is 3.19. The summed E-state index contributed by atoms with van der Waals surface area (Å²) >= 11 is 1.72. The van der Waals surface area contributed by atoms with E-state index in [-0.39, 0.29) is 0 Å². The first-order chi connectivity index (χ1) is 8.68. The minimum Gasteiger partial charge on any atom is -0.369 e. The van der Waals surface area contributed by atoms with Crippen LogP contribution in [0.1, 0.15) is 38.7 Å². The zero-order chi connectivity index (χ0) is 13.0. The summed E-state index contributed by atoms with van der Waals surface area (Å²) in [5, 5.41) is 5.58. The Kier molecular flexibility index (Phi) is 4.53. The van der Waals surface area contributed by atoms with Crippen molar-refractivity contribution in [3.05, 3.63) is 17.3 Å². The van der Waals surface area contributed by atoms with Gasteiger partial charge in [0.15, 0.2) is 0 Å². The van der Waals surface area contributed by atoms with Crippen LogP contribution in [0.2, 0.25) is 0 Å². The van der Waals surface area contributed by atoms with E-state index in [1.54, 1.807) is 17.7 Å². The van der Waals surface area contributed by atoms with E-state index in [0.717, 1.165) is 23.8 Å². The number of fused-ring (bicyclic) bond motifs is 1. The lowest BCUT2D eigenvalue weighted by molar-refractivity contribution is 0.544. The van der Waals surface area contributed by atoms with Gasteiger partial charge in [-0.05, 0) is 30.2 Å². The summed E-state index contributed by atoms with van der Waals surface area (Å²) in [4.78, 5) is 8.67. The molecule has 0 aromatic carbocycles. The second kappa shape index (κ2) is 6.14. The van der Waals surface area contributed by atoms with Crippen LogP contribution in [-0.4, -0.2) is 16.5 Å². The molecular formula is C14H21N3S. The van der Waals surface area contributed by atoms with Gasteiger partial charge in [0.25, 0.3) is 0 Å². The van der Waals surface area contributed by atoms with Gasteiger partial charge in [-0.25, -0.2) is 9.97 Å². The Balaban J connectivity index is 1.92. The standard InChI is InChI=1S/C14H21N3S/c1-10(2)6-4-5-7-15-14-13-12(16-9-17-14)11(3)8-18-13/h8-10H,4-7H2,1-3H3,(H,15,16,17). The fourth-order valence-corrected chi connectivity index (χ4v) is 2.95. The quantitative estimate of drug-likeness (QED) is 0.792. The lowest BCUT2D eigenvalue weighted by Crippen LogP contribution is -2.04. The van der Waals surface area contributed by atoms with Gasteiger partial charge in [0.2, 0.25) is 0 Å². The van der Waals surface area contributed by atoms with Gasteiger partial charge in [-0.2, -0.15) is 0 Å². The molecule has 2 aromatic heterocycles. The maximum Gasteiger partial charge on any atom is 0.147 e. The maximum atomic E-state index is 4.34. The Labute approximate surface area is 113 Å². The van der Waals surface area contributed by atoms with E-state index in [4.69, 9.17) is 0 Å². The van der Waals surface area contributed by atoms with Crippen molar-refractivity contribution in [3.8, 4) is 0 Å². The van der Waals surface area contributed by atoms with Gasteiger partial charge in [-0.15, -0.1) is 11.3 Å². The summed E-state index contributed by atoms with van der Waals surface area (Å²) in [6, 6.07) is 0. The maximum absolute atomic E-state index is 4.34. The highest BCUT2D eigenvalue weighted by Crippen LogP contribution is 2.28. The molecule has 2 rings (SSSR count). The average Bonchev–Trinajstić information content (AvgIpc) is 2.71. The molecule has 1 N–H and O–H groups in total. The first-order valence-corrected chi connectivity index (χ1v) is 7.49. The lowest BCUT2D eigenvalue weighted by Gasteiger charge is -2.07. The summed E-state index contributed by atoms with van der Waals surface area (Å²) in [6.07, 6.45) is 5.44. The largest absolute Gasteiger partial charge is 0.369 e. The van der Waals surface area contributed by atoms with Crippen LogP contribution < -0.4 is 5.32 Å². The molecule has 0 aliphatic heterocycles. The molecule has 2 heterocycles. The summed E-state index contributed by atoms with van der Waals surface area (Å²) in [6.45, 7) is 7.64. The second-order valence-corrected chi connectivity index (χ2v) is 6.01. The van der Waals surface area contributed by atoms with Crippen LogP contribution in [0.5, 0.6) is 0 Å². The minimum absolute atomic E-state index is 0.802. The van der Waals surface area contributed by atoms with E-state index in [0.29, 0.717) is 0 Å². The van der Waals surface area contributed by atoms with E-state index >= 15 is 0 Å². The third-order valence-electron chi connectivity index (χ3n) is 3.03. The van der Waals surface area contributed by atoms with Crippen LogP contribution in [0.25, 0.3) is 10.2 Å². The number of hydrogen-bond donors (Lipinski definition) is 1. The number of nitrogens with zero attached hydrogens (tertiary/aromatic N) is 2. The molecule has 0 aliphatic rings. The summed E-state index contributed by atoms with van der Waals surface area (Å²) in [5.41, 5.74) is 2.32. The van der Waals surface area contributed by atoms with E-state index in [1.807, 2.05) is 0 Å². The normalized spacial score (nSPS) is 11.3. The van der Waals surface area contributed by atoms with Gasteiger partial charge in [-0.3, -0.25) is 0 Å². The number of hydrogen-bond acceptors (Lipinski definition) is 4. The Hall–Kier alpha value is -1.16. The van der Waals surface area contributed by atoms with Crippen molar-refractivity contribution in [3.63, 3.8) is 0 Å². The molecule has 0 unspecified atom stereocenters. The van der Waals surface area contributed by atoms with Crippen molar-refractivity contribution in [1.29, 1.82) is 0 Å². The second-order valence-electron chi connectivity index (χ2n) is 5.14. The first kappa shape index (κ1) is 13.3. The number of aromatic nitrogens is 2. The Morgan fingerprint density at radius 3 is 2.89 bits per heavy atom. The highest BCUT2D eigenvalue weighted by molar-refractivity contribution is 7.18. The zero-order valence-corrected chi connectivity index (χ0v) is 12.2. The number of thiophene rings is 1. The smallest absolute Gasteiger partial charge is 0.147 e. The van der Waals surface area contributed by atoms with Crippen molar-refractivity contribution in [2.45, 2.75) is 40.0 Å². The number of rotatable bonds is 6. The van der Waals surface area contributed by atoms with Gasteiger partial charge in [0.05, 0.1) is 10.2 Å². The molecule has 3 nitrogen and oxygen atoms in total. The zero-order valence-electron chi connectivity index (χ0n) is 11.4. The topological polar surface area (TPSA) is 37.8 Å². The number of nitrogens with one attached hydrogen (secondary N) is 1. The molecule has 98 valence electrons. The molecule has 0 aliphatic carbocycles. The molecule has 0 fully saturated rings. The van der Waals surface area contributed by atoms with Gasteiger partial charge in [0.1, 0.15) is 12.1 Å². The van der Waals surface area contributed by atoms with Gasteiger partial charge >= 0.3 is 0 Å². The van der Waals surface area contributed by atoms with Gasteiger partial charge in [0, 0.05) is 6.54 Å². The van der Waals surface area contributed by atoms with Crippen LogP contribution in [0.3, 0.4) is 0 Å². The van der Waals surface area contributed by atoms with Gasteiger partial charge < -0.3 is 5.32 Å². The Morgan fingerprint density at radius 1 is 1.28 bits per heavy atom. The molecule has 0 amide bonds. The van der Waals surface area contributed by atoms with E-state index < -0.39 is 0 Å². The average molecular weight is 263 g/mol. The number of aryl methyl sites for hydroxylation is 1. The fourth-order valence-electron chi connectivity index (χ4n) is 1.98. The van der Waals surface area contributed by atoms with Crippen LogP contribution in [0.4, 0.5) is 5.82 Å². The van der Waals surface area contributed by atoms with Gasteiger partial charge in [-0.1, -0.05) is 26.7 Å². The molecule has 4 heteroatoms. The SMILES string of the molecule is Cc1csc2c(NCCCCC(C)C)ncnc12. The van der Waals surface area contributed by atoms with E-state index in [1.165, 1.54) is 29.5 Å². The molecule has 0 atom stereocenters. The van der Waals surface area contributed by atoms with Crippen molar-refractivity contribution < 1.29 is 0 Å². The number of unbranched alkanes of at least 4 members (excludes halogenated alkanes) is 1. The first-order valence-electron chi connectivity index (χ1n) is 6.61. The van der Waals surface area contributed by atoms with Crippen molar-refractivity contribution in [1.82, 2.24) is 9.97 Å². The van der Waals surface area contributed by atoms with Crippen LogP contribution in [0, 0.1) is 12.8 Å². The molecular weight excluding hydrogens is 242 g/mol. The fraction of sp³-hybridized carbons (Fsp3) is 0.571. The predicted molar refractivity (Wildman–Crippen MR) is 79.3 cm³/mol. The van der Waals surface area contributed by atoms with Crippen LogP contribution in [-0.2, 0) is 0 Å². The highest BCUT2D eigenvalue weighted by atomic mass is 32.1. The van der Waals surface area contributed by atoms with E-state index in [2.05, 4.69) is 41.4 Å². The molecule has 0 spiro atoms. The molecule has 0 saturated carbocycles. The van der Waals surface area contributed by atoms with Crippen molar-refractivity contribution >= 4 is 27.4 Å². The molecule has 18 heavy (non-hydrogen) atoms. The Bertz CT molecular complexity index is 505. The van der Waals surface area contributed by atoms with Crippen molar-refractivity contribution in [2.24, 2.45) is 5.92 Å². The summed E-state index contributed by atoms with van der Waals surface area (Å²) in [7, 11) is 0. The predicted octanol–water partition coefficient (Wildman–Crippen LogP) is 4.24. The Morgan fingerprint density at radius 2 is 2.11 bits per heavy atom. The van der Waals surface area contributed by atoms with Crippen LogP contribution in [0.15, 0.2) is 11.7 Å².